The van der Waals surface area contributed by atoms with E-state index in [1.807, 2.05) is 6.07 Å². The molecule has 0 heterocycles. The van der Waals surface area contributed by atoms with Crippen LogP contribution in [0.25, 0.3) is 0 Å². The van der Waals surface area contributed by atoms with E-state index in [9.17, 15) is 0 Å². The molecule has 0 saturated heterocycles. The van der Waals surface area contributed by atoms with Crippen LogP contribution in [-0.2, 0) is 0 Å². The van der Waals surface area contributed by atoms with Crippen LogP contribution < -0.4 is 10.6 Å². The number of hydrogen-bond donors (Lipinski definition) is 2. The molecule has 0 aliphatic carbocycles. The number of nitrogens with one attached hydrogen (secondary N) is 2. The highest BCUT2D eigenvalue weighted by molar-refractivity contribution is 4.78. The monoisotopic (exact) mass is 96.1 g/mol. The maximum absolute atomic E-state index is 7.89. The summed E-state index contributed by atoms with van der Waals surface area (Å²) in [5.41, 5.74) is 0. The molecule has 36 valence electrons. The molecule has 3 heteroatoms. The zero-order valence-electron chi connectivity index (χ0n) is 3.86. The maximum atomic E-state index is 7.89. The van der Waals surface area contributed by atoms with Crippen LogP contribution in [0.5, 0.6) is 0 Å². The third kappa shape index (κ3) is 4.94. The van der Waals surface area contributed by atoms with Crippen molar-refractivity contribution in [2.75, 3.05) is 13.1 Å². The van der Waals surface area contributed by atoms with Gasteiger partial charge in [0.15, 0.2) is 0 Å². The Labute approximate surface area is 42.2 Å². The van der Waals surface area contributed by atoms with Gasteiger partial charge >= 0.3 is 0 Å². The molecule has 0 radical (unpaired) electrons. The summed E-state index contributed by atoms with van der Waals surface area (Å²) in [7, 11) is 0. The predicted octanol–water partition coefficient (Wildman–Crippen LogP) is -2.13. The van der Waals surface area contributed by atoms with Crippen molar-refractivity contribution in [3.8, 4) is 12.1 Å². The van der Waals surface area contributed by atoms with Gasteiger partial charge in [0.2, 0.25) is 0 Å². The van der Waals surface area contributed by atoms with E-state index in [1.165, 1.54) is 0 Å². The van der Waals surface area contributed by atoms with Gasteiger partial charge in [-0.3, -0.25) is 5.32 Å². The topological polar surface area (TPSA) is 59.6 Å². The van der Waals surface area contributed by atoms with E-state index < -0.39 is 0 Å². The minimum atomic E-state index is 0.297. The largest absolute Gasteiger partial charge is 0.288 e. The van der Waals surface area contributed by atoms with Crippen molar-refractivity contribution >= 4 is 0 Å². The Hall–Kier alpha value is -1.06. The Morgan fingerprint density at radius 3 is 2.71 bits per heavy atom. The summed E-state index contributed by atoms with van der Waals surface area (Å²) in [4.78, 5) is 0. The maximum Gasteiger partial charge on any atom is 0.285 e. The van der Waals surface area contributed by atoms with Crippen molar-refractivity contribution in [1.29, 1.82) is 5.26 Å². The quantitative estimate of drug-likeness (QED) is 0.305. The zero-order valence-corrected chi connectivity index (χ0v) is 3.86. The number of hydrogen-bond acceptors (Lipinski definition) is 2. The minimum Gasteiger partial charge on any atom is -0.288 e. The van der Waals surface area contributed by atoms with Crippen LogP contribution in [0.15, 0.2) is 0 Å². The van der Waals surface area contributed by atoms with E-state index in [1.54, 1.807) is 0 Å². The van der Waals surface area contributed by atoms with E-state index in [0.717, 1.165) is 0 Å². The second kappa shape index (κ2) is 4.94. The average molecular weight is 96.1 g/mol. The molecular formula is C4H6N3+. The molecule has 2 N–H and O–H groups in total. The third-order valence-corrected chi connectivity index (χ3v) is 0.417. The highest BCUT2D eigenvalue weighted by Gasteiger charge is 1.79. The van der Waals surface area contributed by atoms with E-state index in [4.69, 9.17) is 10.5 Å². The molecule has 0 saturated carbocycles. The molecule has 0 aliphatic heterocycles. The summed E-state index contributed by atoms with van der Waals surface area (Å²) in [5.74, 6) is 0. The van der Waals surface area contributed by atoms with Gasteiger partial charge in [-0.05, 0) is 0 Å². The van der Waals surface area contributed by atoms with Gasteiger partial charge in [0.1, 0.15) is 6.54 Å². The summed E-state index contributed by atoms with van der Waals surface area (Å²) in [5, 5.41) is 16.9. The predicted molar refractivity (Wildman–Crippen MR) is 23.3 cm³/mol. The fraction of sp³-hybridized carbons (Fsp3) is 0.500. The van der Waals surface area contributed by atoms with Crippen molar-refractivity contribution in [3.05, 3.63) is 0 Å². The van der Waals surface area contributed by atoms with Crippen molar-refractivity contribution < 1.29 is 5.26 Å². The minimum absolute atomic E-state index is 0.297. The first kappa shape index (κ1) is 5.94. The van der Waals surface area contributed by atoms with Gasteiger partial charge in [-0.15, -0.1) is 5.26 Å². The molecule has 0 bridgehead atoms. The van der Waals surface area contributed by atoms with Gasteiger partial charge in [0, 0.05) is 0 Å². The van der Waals surface area contributed by atoms with Crippen LogP contribution in [0.2, 0.25) is 0 Å². The summed E-state index contributed by atoms with van der Waals surface area (Å²) < 4.78 is 0. The fourth-order valence-corrected chi connectivity index (χ4v) is 0.181. The summed E-state index contributed by atoms with van der Waals surface area (Å²) in [6.45, 7) is 0.666. The molecule has 0 aromatic rings. The molecular weight excluding hydrogens is 90.1 g/mol. The molecule has 0 atom stereocenters. The summed E-state index contributed by atoms with van der Waals surface area (Å²) in [6, 6.07) is 3.96. The molecule has 0 rings (SSSR count). The van der Waals surface area contributed by atoms with Gasteiger partial charge in [0.25, 0.3) is 6.07 Å². The lowest BCUT2D eigenvalue weighted by molar-refractivity contribution is -0.0938. The van der Waals surface area contributed by atoms with Crippen molar-refractivity contribution in [1.82, 2.24) is 5.32 Å². The fourth-order valence-electron chi connectivity index (χ4n) is 0.181. The van der Waals surface area contributed by atoms with Crippen LogP contribution in [-0.4, -0.2) is 13.1 Å². The van der Waals surface area contributed by atoms with Gasteiger partial charge in [-0.1, -0.05) is 0 Å². The van der Waals surface area contributed by atoms with Crippen LogP contribution in [0.4, 0.5) is 0 Å². The summed E-state index contributed by atoms with van der Waals surface area (Å²) in [6.07, 6.45) is 0. The standard InChI is InChI=1S/C4H5N3/c5-1-3-7-4-2-6/h7H,3-4H2/p+1. The lowest BCUT2D eigenvalue weighted by Gasteiger charge is -1.79. The van der Waals surface area contributed by atoms with E-state index in [0.29, 0.717) is 13.1 Å². The third-order valence-electron chi connectivity index (χ3n) is 0.417. The SMILES string of the molecule is N#CCNCC#[NH+]. The van der Waals surface area contributed by atoms with Gasteiger partial charge in [0.05, 0.1) is 12.6 Å². The molecule has 0 aromatic carbocycles. The van der Waals surface area contributed by atoms with Gasteiger partial charge < -0.3 is 0 Å². The zero-order chi connectivity index (χ0) is 5.54. The molecule has 0 unspecified atom stereocenters. The Kier molecular flexibility index (Phi) is 4.19. The smallest absolute Gasteiger partial charge is 0.285 e. The highest BCUT2D eigenvalue weighted by atomic mass is 14.8. The lowest BCUT2D eigenvalue weighted by Crippen LogP contribution is -2.24. The van der Waals surface area contributed by atoms with Crippen molar-refractivity contribution in [2.45, 2.75) is 0 Å². The molecule has 7 heavy (non-hydrogen) atoms. The number of nitrogens with zero attached hydrogens (tertiary/aromatic N) is 1. The van der Waals surface area contributed by atoms with Crippen LogP contribution in [0.1, 0.15) is 0 Å². The van der Waals surface area contributed by atoms with Crippen LogP contribution in [0, 0.1) is 17.4 Å². The Morgan fingerprint density at radius 2 is 2.29 bits per heavy atom. The first-order valence-electron chi connectivity index (χ1n) is 1.89. The Balaban J connectivity index is 2.77. The van der Waals surface area contributed by atoms with Crippen LogP contribution in [0.3, 0.4) is 0 Å². The average Bonchev–Trinajstić information content (AvgIpc) is 1.69. The lowest BCUT2D eigenvalue weighted by atomic mass is 10.6. The second-order valence-corrected chi connectivity index (χ2v) is 0.938. The van der Waals surface area contributed by atoms with Crippen LogP contribution >= 0.6 is 0 Å². The van der Waals surface area contributed by atoms with Gasteiger partial charge in [-0.2, -0.15) is 5.26 Å². The number of rotatable bonds is 2. The van der Waals surface area contributed by atoms with E-state index in [-0.39, 0.29) is 0 Å². The molecule has 0 aromatic heterocycles. The highest BCUT2D eigenvalue weighted by Crippen LogP contribution is 1.48. The molecule has 0 aliphatic rings. The van der Waals surface area contributed by atoms with Crippen molar-refractivity contribution in [2.24, 2.45) is 0 Å². The number of nitriles is 1. The Morgan fingerprint density at radius 1 is 1.57 bits per heavy atom. The van der Waals surface area contributed by atoms with Crippen molar-refractivity contribution in [3.63, 3.8) is 0 Å². The molecule has 3 nitrogen and oxygen atoms in total. The molecule has 0 fully saturated rings. The first-order chi connectivity index (χ1) is 3.41. The second-order valence-electron chi connectivity index (χ2n) is 0.938. The van der Waals surface area contributed by atoms with E-state index in [2.05, 4.69) is 11.4 Å². The Bertz CT molecular complexity index is 91.1. The molecule has 0 spiro atoms. The normalized spacial score (nSPS) is 6.57. The van der Waals surface area contributed by atoms with E-state index >= 15 is 0 Å². The molecule has 0 amide bonds. The van der Waals surface area contributed by atoms with Gasteiger partial charge in [-0.25, -0.2) is 0 Å². The summed E-state index contributed by atoms with van der Waals surface area (Å²) >= 11 is 0. The first-order valence-corrected chi connectivity index (χ1v) is 1.89.